The maximum absolute atomic E-state index is 9.84. The molecule has 0 aliphatic heterocycles. The molecule has 0 spiro atoms. The Labute approximate surface area is 110 Å². The van der Waals surface area contributed by atoms with Gasteiger partial charge in [0.15, 0.2) is 0 Å². The predicted octanol–water partition coefficient (Wildman–Crippen LogP) is 2.42. The number of methoxy groups -OCH3 is 1. The minimum Gasteiger partial charge on any atom is -0.496 e. The monoisotopic (exact) mass is 251 g/mol. The van der Waals surface area contributed by atoms with Crippen LogP contribution in [0.1, 0.15) is 44.7 Å². The summed E-state index contributed by atoms with van der Waals surface area (Å²) in [5.41, 5.74) is 7.77. The van der Waals surface area contributed by atoms with Gasteiger partial charge in [-0.05, 0) is 22.6 Å². The highest BCUT2D eigenvalue weighted by Gasteiger charge is 2.22. The molecule has 0 aliphatic carbocycles. The van der Waals surface area contributed by atoms with Crippen molar-refractivity contribution in [2.24, 2.45) is 5.73 Å². The molecule has 1 aromatic rings. The third-order valence-corrected chi connectivity index (χ3v) is 3.38. The third-order valence-electron chi connectivity index (χ3n) is 3.38. The van der Waals surface area contributed by atoms with Crippen molar-refractivity contribution in [3.8, 4) is 5.75 Å². The number of nitrogens with two attached hydrogens (primary N) is 1. The van der Waals surface area contributed by atoms with Gasteiger partial charge in [0.1, 0.15) is 5.75 Å². The summed E-state index contributed by atoms with van der Waals surface area (Å²) in [5.74, 6) is 0.919. The lowest BCUT2D eigenvalue weighted by molar-refractivity contribution is 0.157. The summed E-state index contributed by atoms with van der Waals surface area (Å²) in [6, 6.07) is 6.08. The standard InChI is InChI=1S/C15H25NO2/c1-10(13(17)9-16)11-6-7-14(18-5)12(8-11)15(2,3)4/h6-8,10,13,17H,9,16H2,1-5H3. The molecule has 3 N–H and O–H groups in total. The van der Waals surface area contributed by atoms with Crippen LogP contribution in [-0.4, -0.2) is 24.9 Å². The molecule has 2 unspecified atom stereocenters. The van der Waals surface area contributed by atoms with E-state index < -0.39 is 6.10 Å². The number of hydrogen-bond acceptors (Lipinski definition) is 3. The summed E-state index contributed by atoms with van der Waals surface area (Å²) in [7, 11) is 1.68. The quantitative estimate of drug-likeness (QED) is 0.864. The van der Waals surface area contributed by atoms with Gasteiger partial charge in [-0.1, -0.05) is 39.8 Å². The molecule has 0 heterocycles. The first-order valence-electron chi connectivity index (χ1n) is 6.37. The minimum absolute atomic E-state index is 0.00867. The molecule has 0 bridgehead atoms. The van der Waals surface area contributed by atoms with Gasteiger partial charge in [0.25, 0.3) is 0 Å². The van der Waals surface area contributed by atoms with Crippen molar-refractivity contribution < 1.29 is 9.84 Å². The van der Waals surface area contributed by atoms with Gasteiger partial charge < -0.3 is 15.6 Å². The third kappa shape index (κ3) is 3.24. The van der Waals surface area contributed by atoms with E-state index in [9.17, 15) is 5.11 Å². The summed E-state index contributed by atoms with van der Waals surface area (Å²) in [4.78, 5) is 0. The van der Waals surface area contributed by atoms with E-state index in [-0.39, 0.29) is 17.9 Å². The Morgan fingerprint density at radius 1 is 1.33 bits per heavy atom. The van der Waals surface area contributed by atoms with Crippen LogP contribution in [0.4, 0.5) is 0 Å². The molecule has 0 aliphatic rings. The van der Waals surface area contributed by atoms with Crippen molar-refractivity contribution in [1.82, 2.24) is 0 Å². The van der Waals surface area contributed by atoms with Crippen LogP contribution in [0.25, 0.3) is 0 Å². The molecule has 0 saturated heterocycles. The molecular formula is C15H25NO2. The molecule has 0 amide bonds. The number of rotatable bonds is 4. The number of aliphatic hydroxyl groups is 1. The van der Waals surface area contributed by atoms with E-state index in [2.05, 4.69) is 26.8 Å². The van der Waals surface area contributed by atoms with E-state index in [4.69, 9.17) is 10.5 Å². The van der Waals surface area contributed by atoms with Crippen molar-refractivity contribution in [2.75, 3.05) is 13.7 Å². The smallest absolute Gasteiger partial charge is 0.122 e. The molecule has 0 fully saturated rings. The molecule has 2 atom stereocenters. The van der Waals surface area contributed by atoms with Crippen molar-refractivity contribution in [1.29, 1.82) is 0 Å². The minimum atomic E-state index is -0.508. The SMILES string of the molecule is COc1ccc(C(C)C(O)CN)cc1C(C)(C)C. The first-order valence-corrected chi connectivity index (χ1v) is 6.37. The van der Waals surface area contributed by atoms with E-state index in [1.807, 2.05) is 19.1 Å². The highest BCUT2D eigenvalue weighted by atomic mass is 16.5. The Morgan fingerprint density at radius 3 is 2.39 bits per heavy atom. The van der Waals surface area contributed by atoms with Crippen LogP contribution in [0, 0.1) is 0 Å². The summed E-state index contributed by atoms with van der Waals surface area (Å²) >= 11 is 0. The maximum atomic E-state index is 9.84. The van der Waals surface area contributed by atoms with E-state index in [0.717, 1.165) is 16.9 Å². The molecule has 1 rings (SSSR count). The van der Waals surface area contributed by atoms with Gasteiger partial charge in [-0.15, -0.1) is 0 Å². The fourth-order valence-electron chi connectivity index (χ4n) is 2.02. The molecule has 1 aromatic carbocycles. The molecule has 0 saturated carbocycles. The molecule has 18 heavy (non-hydrogen) atoms. The van der Waals surface area contributed by atoms with E-state index in [1.54, 1.807) is 7.11 Å². The van der Waals surface area contributed by atoms with Crippen LogP contribution in [-0.2, 0) is 5.41 Å². The first kappa shape index (κ1) is 15.0. The summed E-state index contributed by atoms with van der Waals surface area (Å²) in [6.45, 7) is 8.72. The van der Waals surface area contributed by atoms with Gasteiger partial charge in [0.05, 0.1) is 13.2 Å². The van der Waals surface area contributed by atoms with Crippen molar-refractivity contribution in [3.63, 3.8) is 0 Å². The van der Waals surface area contributed by atoms with Crippen LogP contribution in [0.3, 0.4) is 0 Å². The second-order valence-corrected chi connectivity index (χ2v) is 5.80. The van der Waals surface area contributed by atoms with Crippen molar-refractivity contribution in [2.45, 2.75) is 45.1 Å². The van der Waals surface area contributed by atoms with Crippen molar-refractivity contribution >= 4 is 0 Å². The van der Waals surface area contributed by atoms with Gasteiger partial charge >= 0.3 is 0 Å². The van der Waals surface area contributed by atoms with E-state index in [0.29, 0.717) is 0 Å². The average molecular weight is 251 g/mol. The van der Waals surface area contributed by atoms with E-state index >= 15 is 0 Å². The molecule has 3 heteroatoms. The lowest BCUT2D eigenvalue weighted by Gasteiger charge is -2.25. The molecule has 102 valence electrons. The number of benzene rings is 1. The molecule has 0 aromatic heterocycles. The van der Waals surface area contributed by atoms with Crippen LogP contribution >= 0.6 is 0 Å². The fraction of sp³-hybridized carbons (Fsp3) is 0.600. The van der Waals surface area contributed by atoms with Crippen LogP contribution < -0.4 is 10.5 Å². The van der Waals surface area contributed by atoms with Crippen molar-refractivity contribution in [3.05, 3.63) is 29.3 Å². The average Bonchev–Trinajstić information content (AvgIpc) is 2.35. The Kier molecular flexibility index (Phi) is 4.77. The number of ether oxygens (including phenoxy) is 1. The predicted molar refractivity (Wildman–Crippen MR) is 75.2 cm³/mol. The summed E-state index contributed by atoms with van der Waals surface area (Å²) < 4.78 is 5.41. The fourth-order valence-corrected chi connectivity index (χ4v) is 2.02. The molecular weight excluding hydrogens is 226 g/mol. The summed E-state index contributed by atoms with van der Waals surface area (Å²) in [5, 5.41) is 9.84. The maximum Gasteiger partial charge on any atom is 0.122 e. The Balaban J connectivity index is 3.18. The van der Waals surface area contributed by atoms with Crippen LogP contribution in [0.2, 0.25) is 0 Å². The normalized spacial score (nSPS) is 15.3. The van der Waals surface area contributed by atoms with Gasteiger partial charge in [-0.3, -0.25) is 0 Å². The second-order valence-electron chi connectivity index (χ2n) is 5.80. The van der Waals surface area contributed by atoms with E-state index in [1.165, 1.54) is 0 Å². The number of aliphatic hydroxyl groups excluding tert-OH is 1. The Bertz CT molecular complexity index is 396. The Hall–Kier alpha value is -1.06. The largest absolute Gasteiger partial charge is 0.496 e. The summed E-state index contributed by atoms with van der Waals surface area (Å²) in [6.07, 6.45) is -0.508. The zero-order valence-corrected chi connectivity index (χ0v) is 12.0. The molecule has 0 radical (unpaired) electrons. The molecule has 3 nitrogen and oxygen atoms in total. The lowest BCUT2D eigenvalue weighted by Crippen LogP contribution is -2.26. The van der Waals surface area contributed by atoms with Gasteiger partial charge in [0, 0.05) is 12.5 Å². The van der Waals surface area contributed by atoms with Gasteiger partial charge in [-0.25, -0.2) is 0 Å². The lowest BCUT2D eigenvalue weighted by atomic mass is 9.83. The highest BCUT2D eigenvalue weighted by molar-refractivity contribution is 5.42. The van der Waals surface area contributed by atoms with Gasteiger partial charge in [0.2, 0.25) is 0 Å². The van der Waals surface area contributed by atoms with Gasteiger partial charge in [-0.2, -0.15) is 0 Å². The zero-order chi connectivity index (χ0) is 13.9. The Morgan fingerprint density at radius 2 is 1.94 bits per heavy atom. The van der Waals surface area contributed by atoms with Crippen LogP contribution in [0.15, 0.2) is 18.2 Å². The number of hydrogen-bond donors (Lipinski definition) is 2. The second kappa shape index (κ2) is 5.72. The first-order chi connectivity index (χ1) is 8.31. The zero-order valence-electron chi connectivity index (χ0n) is 12.0. The van der Waals surface area contributed by atoms with Crippen LogP contribution in [0.5, 0.6) is 5.75 Å². The topological polar surface area (TPSA) is 55.5 Å². The highest BCUT2D eigenvalue weighted by Crippen LogP contribution is 2.34.